The highest BCUT2D eigenvalue weighted by Gasteiger charge is 2.14. The molecule has 0 aliphatic carbocycles. The van der Waals surface area contributed by atoms with Crippen LogP contribution >= 0.6 is 0 Å². The monoisotopic (exact) mass is 270 g/mol. The number of fused-ring (bicyclic) bond motifs is 1. The Balaban J connectivity index is 1.85. The molecule has 2 aromatic rings. The molecule has 0 radical (unpaired) electrons. The van der Waals surface area contributed by atoms with Crippen molar-refractivity contribution in [1.82, 2.24) is 9.47 Å². The van der Waals surface area contributed by atoms with Gasteiger partial charge in [0, 0.05) is 30.2 Å². The van der Waals surface area contributed by atoms with Gasteiger partial charge in [0.1, 0.15) is 0 Å². The van der Waals surface area contributed by atoms with Crippen LogP contribution in [0.25, 0.3) is 10.9 Å². The number of hydrogen-bond acceptors (Lipinski definition) is 1. The summed E-state index contributed by atoms with van der Waals surface area (Å²) in [5.41, 5.74) is 2.92. The minimum atomic E-state index is 1.12. The van der Waals surface area contributed by atoms with Gasteiger partial charge in [-0.1, -0.05) is 38.0 Å². The maximum atomic E-state index is 2.62. The third-order valence-corrected chi connectivity index (χ3v) is 4.47. The van der Waals surface area contributed by atoms with Gasteiger partial charge in [-0.25, -0.2) is 0 Å². The number of unbranched alkanes of at least 4 members (excludes halogenated alkanes) is 1. The first-order valence-electron chi connectivity index (χ1n) is 8.17. The van der Waals surface area contributed by atoms with E-state index in [0.29, 0.717) is 0 Å². The van der Waals surface area contributed by atoms with Crippen molar-refractivity contribution < 1.29 is 0 Å². The molecule has 2 heterocycles. The molecule has 1 fully saturated rings. The molecule has 1 saturated heterocycles. The minimum absolute atomic E-state index is 1.12. The van der Waals surface area contributed by atoms with Crippen molar-refractivity contribution in [2.24, 2.45) is 0 Å². The summed E-state index contributed by atoms with van der Waals surface area (Å²) in [5, 5.41) is 1.45. The second-order valence-electron chi connectivity index (χ2n) is 6.06. The summed E-state index contributed by atoms with van der Waals surface area (Å²) in [4.78, 5) is 2.62. The smallest absolute Gasteiger partial charge is 0.0483 e. The van der Waals surface area contributed by atoms with Crippen molar-refractivity contribution in [3.05, 3.63) is 36.0 Å². The fourth-order valence-electron chi connectivity index (χ4n) is 3.32. The average molecular weight is 270 g/mol. The van der Waals surface area contributed by atoms with E-state index in [-0.39, 0.29) is 0 Å². The molecule has 3 rings (SSSR count). The number of para-hydroxylation sites is 1. The zero-order valence-corrected chi connectivity index (χ0v) is 12.6. The van der Waals surface area contributed by atoms with Gasteiger partial charge in [0.15, 0.2) is 0 Å². The van der Waals surface area contributed by atoms with Gasteiger partial charge < -0.3 is 4.57 Å². The van der Waals surface area contributed by atoms with Crippen LogP contribution in [0.5, 0.6) is 0 Å². The number of benzene rings is 1. The van der Waals surface area contributed by atoms with Crippen molar-refractivity contribution >= 4 is 10.9 Å². The van der Waals surface area contributed by atoms with E-state index >= 15 is 0 Å². The first-order chi connectivity index (χ1) is 9.88. The molecule has 0 bridgehead atoms. The highest BCUT2D eigenvalue weighted by atomic mass is 15.1. The molecular formula is C18H26N2. The summed E-state index contributed by atoms with van der Waals surface area (Å²) in [7, 11) is 0. The van der Waals surface area contributed by atoms with E-state index in [1.54, 1.807) is 0 Å². The van der Waals surface area contributed by atoms with Crippen LogP contribution in [0.1, 0.15) is 44.6 Å². The first kappa shape index (κ1) is 13.7. The fraction of sp³-hybridized carbons (Fsp3) is 0.556. The summed E-state index contributed by atoms with van der Waals surface area (Å²) in [6, 6.07) is 8.89. The largest absolute Gasteiger partial charge is 0.347 e. The Labute approximate surface area is 122 Å². The number of aromatic nitrogens is 1. The average Bonchev–Trinajstić information content (AvgIpc) is 2.85. The Morgan fingerprint density at radius 2 is 1.85 bits per heavy atom. The highest BCUT2D eigenvalue weighted by molar-refractivity contribution is 5.83. The van der Waals surface area contributed by atoms with Crippen LogP contribution in [0, 0.1) is 0 Å². The van der Waals surface area contributed by atoms with Gasteiger partial charge >= 0.3 is 0 Å². The predicted octanol–water partition coefficient (Wildman–Crippen LogP) is 4.43. The van der Waals surface area contributed by atoms with Gasteiger partial charge in [-0.2, -0.15) is 0 Å². The van der Waals surface area contributed by atoms with Crippen molar-refractivity contribution in [2.75, 3.05) is 13.1 Å². The number of nitrogens with zero attached hydrogens (tertiary/aromatic N) is 2. The van der Waals surface area contributed by atoms with E-state index in [0.717, 1.165) is 13.1 Å². The maximum Gasteiger partial charge on any atom is 0.0483 e. The van der Waals surface area contributed by atoms with Crippen LogP contribution in [0.3, 0.4) is 0 Å². The molecule has 1 aromatic carbocycles. The molecule has 108 valence electrons. The molecule has 1 aliphatic rings. The predicted molar refractivity (Wildman–Crippen MR) is 86.0 cm³/mol. The summed E-state index contributed by atoms with van der Waals surface area (Å²) in [6.07, 6.45) is 9.07. The standard InChI is InChI=1S/C18H26N2/c1-2-3-13-20-15-16(14-19-11-7-4-8-12-19)17-9-5-6-10-18(17)20/h5-6,9-10,15H,2-4,7-8,11-14H2,1H3. The van der Waals surface area contributed by atoms with Crippen molar-refractivity contribution in [3.63, 3.8) is 0 Å². The number of hydrogen-bond donors (Lipinski definition) is 0. The second kappa shape index (κ2) is 6.45. The van der Waals surface area contributed by atoms with E-state index in [9.17, 15) is 0 Å². The Bertz CT molecular complexity index is 550. The molecule has 0 unspecified atom stereocenters. The lowest BCUT2D eigenvalue weighted by atomic mass is 10.1. The van der Waals surface area contributed by atoms with Crippen LogP contribution in [-0.4, -0.2) is 22.6 Å². The van der Waals surface area contributed by atoms with Gasteiger partial charge in [-0.05, 0) is 44.0 Å². The number of aryl methyl sites for hydroxylation is 1. The lowest BCUT2D eigenvalue weighted by Crippen LogP contribution is -2.28. The van der Waals surface area contributed by atoms with Gasteiger partial charge in [0.25, 0.3) is 0 Å². The molecule has 1 aliphatic heterocycles. The van der Waals surface area contributed by atoms with E-state index in [1.165, 1.54) is 61.7 Å². The quantitative estimate of drug-likeness (QED) is 0.780. The summed E-state index contributed by atoms with van der Waals surface area (Å²) >= 11 is 0. The summed E-state index contributed by atoms with van der Waals surface area (Å²) < 4.78 is 2.46. The molecule has 0 N–H and O–H groups in total. The Morgan fingerprint density at radius 3 is 2.65 bits per heavy atom. The lowest BCUT2D eigenvalue weighted by molar-refractivity contribution is 0.221. The molecule has 2 heteroatoms. The van der Waals surface area contributed by atoms with Crippen molar-refractivity contribution in [3.8, 4) is 0 Å². The summed E-state index contributed by atoms with van der Waals surface area (Å²) in [5.74, 6) is 0. The Kier molecular flexibility index (Phi) is 4.41. The third kappa shape index (κ3) is 2.90. The third-order valence-electron chi connectivity index (χ3n) is 4.47. The number of likely N-dealkylation sites (tertiary alicyclic amines) is 1. The Morgan fingerprint density at radius 1 is 1.05 bits per heavy atom. The van der Waals surface area contributed by atoms with Gasteiger partial charge in [-0.3, -0.25) is 4.90 Å². The fourth-order valence-corrected chi connectivity index (χ4v) is 3.32. The maximum absolute atomic E-state index is 2.62. The minimum Gasteiger partial charge on any atom is -0.347 e. The molecular weight excluding hydrogens is 244 g/mol. The van der Waals surface area contributed by atoms with Crippen molar-refractivity contribution in [2.45, 2.75) is 52.1 Å². The van der Waals surface area contributed by atoms with E-state index in [1.807, 2.05) is 0 Å². The lowest BCUT2D eigenvalue weighted by Gasteiger charge is -2.26. The molecule has 20 heavy (non-hydrogen) atoms. The number of piperidine rings is 1. The summed E-state index contributed by atoms with van der Waals surface area (Å²) in [6.45, 7) is 7.08. The number of rotatable bonds is 5. The van der Waals surface area contributed by atoms with E-state index in [2.05, 4.69) is 46.9 Å². The van der Waals surface area contributed by atoms with Crippen LogP contribution in [-0.2, 0) is 13.1 Å². The topological polar surface area (TPSA) is 8.17 Å². The first-order valence-corrected chi connectivity index (χ1v) is 8.17. The normalized spacial score (nSPS) is 16.9. The molecule has 0 spiro atoms. The zero-order valence-electron chi connectivity index (χ0n) is 12.6. The van der Waals surface area contributed by atoms with Gasteiger partial charge in [0.2, 0.25) is 0 Å². The Hall–Kier alpha value is -1.28. The molecule has 0 saturated carbocycles. The van der Waals surface area contributed by atoms with Crippen LogP contribution in [0.4, 0.5) is 0 Å². The van der Waals surface area contributed by atoms with Crippen molar-refractivity contribution in [1.29, 1.82) is 0 Å². The molecule has 0 atom stereocenters. The van der Waals surface area contributed by atoms with Crippen LogP contribution < -0.4 is 0 Å². The molecule has 0 amide bonds. The van der Waals surface area contributed by atoms with Gasteiger partial charge in [0.05, 0.1) is 0 Å². The van der Waals surface area contributed by atoms with E-state index < -0.39 is 0 Å². The van der Waals surface area contributed by atoms with E-state index in [4.69, 9.17) is 0 Å². The molecule has 1 aromatic heterocycles. The molecule has 2 nitrogen and oxygen atoms in total. The second-order valence-corrected chi connectivity index (χ2v) is 6.06. The van der Waals surface area contributed by atoms with Gasteiger partial charge in [-0.15, -0.1) is 0 Å². The SMILES string of the molecule is CCCCn1cc(CN2CCCCC2)c2ccccc21. The van der Waals surface area contributed by atoms with Crippen LogP contribution in [0.15, 0.2) is 30.5 Å². The highest BCUT2D eigenvalue weighted by Crippen LogP contribution is 2.24. The van der Waals surface area contributed by atoms with Crippen LogP contribution in [0.2, 0.25) is 0 Å². The zero-order chi connectivity index (χ0) is 13.8.